The van der Waals surface area contributed by atoms with Gasteiger partial charge in [-0.25, -0.2) is 0 Å². The molecule has 0 radical (unpaired) electrons. The molecule has 4 nitrogen and oxygen atoms in total. The Morgan fingerprint density at radius 1 is 1.18 bits per heavy atom. The summed E-state index contributed by atoms with van der Waals surface area (Å²) in [6.45, 7) is 1.32. The molecule has 0 aliphatic carbocycles. The van der Waals surface area contributed by atoms with Crippen LogP contribution in [0.1, 0.15) is 5.56 Å². The lowest BCUT2D eigenvalue weighted by Gasteiger charge is -2.07. The van der Waals surface area contributed by atoms with Crippen molar-refractivity contribution in [1.82, 2.24) is 4.98 Å². The third kappa shape index (κ3) is 2.15. The zero-order chi connectivity index (χ0) is 11.5. The van der Waals surface area contributed by atoms with Crippen molar-refractivity contribution in [3.63, 3.8) is 0 Å². The van der Waals surface area contributed by atoms with Crippen LogP contribution in [0.3, 0.4) is 0 Å². The van der Waals surface area contributed by atoms with Crippen LogP contribution >= 0.6 is 0 Å². The van der Waals surface area contributed by atoms with Gasteiger partial charge in [-0.2, -0.15) is 0 Å². The van der Waals surface area contributed by atoms with E-state index in [1.54, 1.807) is 6.20 Å². The van der Waals surface area contributed by atoms with E-state index < -0.39 is 0 Å². The third-order valence-electron chi connectivity index (χ3n) is 2.68. The molecule has 17 heavy (non-hydrogen) atoms. The van der Waals surface area contributed by atoms with Crippen LogP contribution in [0.5, 0.6) is 5.75 Å². The minimum Gasteiger partial charge on any atom is -0.489 e. The number of rotatable bonds is 3. The van der Waals surface area contributed by atoms with Crippen LogP contribution in [0.15, 0.2) is 42.7 Å². The number of hydrogen-bond donors (Lipinski definition) is 2. The summed E-state index contributed by atoms with van der Waals surface area (Å²) in [6.07, 6.45) is 3.57. The van der Waals surface area contributed by atoms with Crippen molar-refractivity contribution in [3.8, 4) is 5.75 Å². The topological polar surface area (TPSA) is 46.2 Å². The van der Waals surface area contributed by atoms with E-state index in [-0.39, 0.29) is 0 Å². The molecule has 0 unspecified atom stereocenters. The van der Waals surface area contributed by atoms with Crippen molar-refractivity contribution in [3.05, 3.63) is 48.3 Å². The molecule has 2 heterocycles. The summed E-state index contributed by atoms with van der Waals surface area (Å²) in [5.74, 6) is 0.865. The number of nitrogens with one attached hydrogen (secondary N) is 2. The van der Waals surface area contributed by atoms with Gasteiger partial charge in [0.25, 0.3) is 0 Å². The van der Waals surface area contributed by atoms with Crippen molar-refractivity contribution >= 4 is 11.4 Å². The molecule has 0 atom stereocenters. The van der Waals surface area contributed by atoms with Crippen LogP contribution in [0, 0.1) is 0 Å². The number of hydrogen-bond acceptors (Lipinski definition) is 4. The minimum absolute atomic E-state index is 0.542. The van der Waals surface area contributed by atoms with E-state index in [1.807, 2.05) is 36.5 Å². The molecule has 0 amide bonds. The van der Waals surface area contributed by atoms with Gasteiger partial charge in [0.05, 0.1) is 18.0 Å². The smallest absolute Gasteiger partial charge is 0.122 e. The normalized spacial score (nSPS) is 12.5. The number of ether oxygens (including phenoxy) is 1. The highest BCUT2D eigenvalue weighted by atomic mass is 16.5. The van der Waals surface area contributed by atoms with E-state index in [0.29, 0.717) is 6.61 Å². The maximum absolute atomic E-state index is 5.71. The number of nitrogens with zero attached hydrogens (tertiary/aromatic N) is 1. The molecule has 0 saturated carbocycles. The van der Waals surface area contributed by atoms with Gasteiger partial charge in [-0.1, -0.05) is 6.07 Å². The average Bonchev–Trinajstić information content (AvgIpc) is 2.85. The summed E-state index contributed by atoms with van der Waals surface area (Å²) in [7, 11) is 0. The maximum atomic E-state index is 5.71. The Balaban J connectivity index is 1.70. The van der Waals surface area contributed by atoms with Crippen LogP contribution < -0.4 is 15.4 Å². The molecule has 3 rings (SSSR count). The lowest BCUT2D eigenvalue weighted by Crippen LogP contribution is -1.99. The van der Waals surface area contributed by atoms with Crippen molar-refractivity contribution in [2.75, 3.05) is 17.3 Å². The third-order valence-corrected chi connectivity index (χ3v) is 2.68. The van der Waals surface area contributed by atoms with Gasteiger partial charge in [-0.05, 0) is 18.2 Å². The Labute approximate surface area is 99.6 Å². The van der Waals surface area contributed by atoms with Gasteiger partial charge >= 0.3 is 0 Å². The summed E-state index contributed by atoms with van der Waals surface area (Å²) in [4.78, 5) is 4.05. The molecular formula is C13H13N3O. The van der Waals surface area contributed by atoms with Crippen molar-refractivity contribution in [2.45, 2.75) is 6.61 Å². The fourth-order valence-corrected chi connectivity index (χ4v) is 1.80. The SMILES string of the molecule is c1cncc(COc2ccc3c(c2)NCN3)c1. The number of benzene rings is 1. The Bertz CT molecular complexity index is 513. The highest BCUT2D eigenvalue weighted by Crippen LogP contribution is 2.30. The van der Waals surface area contributed by atoms with Gasteiger partial charge in [0, 0.05) is 24.0 Å². The molecule has 0 bridgehead atoms. The second-order valence-electron chi connectivity index (χ2n) is 3.89. The lowest BCUT2D eigenvalue weighted by atomic mass is 10.2. The number of fused-ring (bicyclic) bond motifs is 1. The Kier molecular flexibility index (Phi) is 2.54. The predicted molar refractivity (Wildman–Crippen MR) is 67.1 cm³/mol. The molecule has 1 aliphatic heterocycles. The summed E-state index contributed by atoms with van der Waals surface area (Å²) < 4.78 is 5.71. The number of pyridine rings is 1. The Morgan fingerprint density at radius 3 is 3.00 bits per heavy atom. The summed E-state index contributed by atoms with van der Waals surface area (Å²) in [5.41, 5.74) is 3.28. The zero-order valence-electron chi connectivity index (χ0n) is 9.31. The van der Waals surface area contributed by atoms with E-state index in [1.165, 1.54) is 0 Å². The molecule has 0 saturated heterocycles. The molecule has 2 N–H and O–H groups in total. The molecule has 0 fully saturated rings. The fourth-order valence-electron chi connectivity index (χ4n) is 1.80. The van der Waals surface area contributed by atoms with Crippen molar-refractivity contribution < 1.29 is 4.74 Å². The quantitative estimate of drug-likeness (QED) is 0.845. The largest absolute Gasteiger partial charge is 0.489 e. The van der Waals surface area contributed by atoms with Gasteiger partial charge in [-0.15, -0.1) is 0 Å². The zero-order valence-corrected chi connectivity index (χ0v) is 9.31. The van der Waals surface area contributed by atoms with E-state index in [2.05, 4.69) is 15.6 Å². The number of anilines is 2. The number of aromatic nitrogens is 1. The van der Waals surface area contributed by atoms with E-state index in [4.69, 9.17) is 4.74 Å². The lowest BCUT2D eigenvalue weighted by molar-refractivity contribution is 0.306. The van der Waals surface area contributed by atoms with E-state index >= 15 is 0 Å². The summed E-state index contributed by atoms with van der Waals surface area (Å²) >= 11 is 0. The molecule has 1 aromatic carbocycles. The Morgan fingerprint density at radius 2 is 2.12 bits per heavy atom. The summed E-state index contributed by atoms with van der Waals surface area (Å²) in [5, 5.41) is 6.46. The van der Waals surface area contributed by atoms with Gasteiger partial charge in [0.2, 0.25) is 0 Å². The first-order chi connectivity index (χ1) is 8.42. The maximum Gasteiger partial charge on any atom is 0.122 e. The first-order valence-electron chi connectivity index (χ1n) is 5.55. The molecule has 1 aromatic heterocycles. The highest BCUT2D eigenvalue weighted by Gasteiger charge is 2.09. The molecular weight excluding hydrogens is 214 g/mol. The second-order valence-corrected chi connectivity index (χ2v) is 3.89. The van der Waals surface area contributed by atoms with E-state index in [9.17, 15) is 0 Å². The highest BCUT2D eigenvalue weighted by molar-refractivity contribution is 5.74. The molecule has 1 aliphatic rings. The first-order valence-corrected chi connectivity index (χ1v) is 5.55. The second kappa shape index (κ2) is 4.33. The van der Waals surface area contributed by atoms with Gasteiger partial charge < -0.3 is 15.4 Å². The fraction of sp³-hybridized carbons (Fsp3) is 0.154. The van der Waals surface area contributed by atoms with Crippen LogP contribution in [-0.2, 0) is 6.61 Å². The first kappa shape index (κ1) is 9.96. The van der Waals surface area contributed by atoms with Gasteiger partial charge in [0.1, 0.15) is 12.4 Å². The average molecular weight is 227 g/mol. The van der Waals surface area contributed by atoms with Gasteiger partial charge in [0.15, 0.2) is 0 Å². The molecule has 86 valence electrons. The van der Waals surface area contributed by atoms with Crippen LogP contribution in [0.4, 0.5) is 11.4 Å². The van der Waals surface area contributed by atoms with Crippen molar-refractivity contribution in [1.29, 1.82) is 0 Å². The molecule has 0 spiro atoms. The van der Waals surface area contributed by atoms with Gasteiger partial charge in [-0.3, -0.25) is 4.98 Å². The minimum atomic E-state index is 0.542. The predicted octanol–water partition coefficient (Wildman–Crippen LogP) is 2.46. The monoisotopic (exact) mass is 227 g/mol. The van der Waals surface area contributed by atoms with Crippen LogP contribution in [0.2, 0.25) is 0 Å². The Hall–Kier alpha value is -2.23. The van der Waals surface area contributed by atoms with Crippen LogP contribution in [-0.4, -0.2) is 11.7 Å². The standard InChI is InChI=1S/C13H13N3O/c1-2-10(7-14-5-1)8-17-11-3-4-12-13(6-11)16-9-15-12/h1-7,15-16H,8-9H2. The molecule has 2 aromatic rings. The molecule has 4 heteroatoms. The van der Waals surface area contributed by atoms with E-state index in [0.717, 1.165) is 29.4 Å². The van der Waals surface area contributed by atoms with Crippen molar-refractivity contribution in [2.24, 2.45) is 0 Å². The van der Waals surface area contributed by atoms with Crippen LogP contribution in [0.25, 0.3) is 0 Å². The summed E-state index contributed by atoms with van der Waals surface area (Å²) in [6, 6.07) is 9.90.